The highest BCUT2D eigenvalue weighted by Gasteiger charge is 2.32. The summed E-state index contributed by atoms with van der Waals surface area (Å²) in [5.74, 6) is 0. The van der Waals surface area contributed by atoms with Gasteiger partial charge in [-0.05, 0) is 0 Å². The van der Waals surface area contributed by atoms with E-state index in [0.29, 0.717) is 6.61 Å². The number of epoxide rings is 1. The van der Waals surface area contributed by atoms with Gasteiger partial charge < -0.3 is 9.47 Å². The van der Waals surface area contributed by atoms with Gasteiger partial charge >= 0.3 is 6.18 Å². The predicted molar refractivity (Wildman–Crippen MR) is 39.4 cm³/mol. The van der Waals surface area contributed by atoms with Crippen LogP contribution in [-0.2, 0) is 9.47 Å². The van der Waals surface area contributed by atoms with Gasteiger partial charge in [-0.3, -0.25) is 0 Å². The third-order valence-corrected chi connectivity index (χ3v) is 1.82. The molecule has 0 aliphatic carbocycles. The van der Waals surface area contributed by atoms with E-state index in [9.17, 15) is 13.2 Å². The third-order valence-electron chi connectivity index (χ3n) is 1.34. The van der Waals surface area contributed by atoms with Gasteiger partial charge in [0.15, 0.2) is 0 Å². The lowest BCUT2D eigenvalue weighted by Gasteiger charge is -2.10. The van der Waals surface area contributed by atoms with E-state index in [1.807, 2.05) is 0 Å². The molecule has 1 heterocycles. The minimum absolute atomic E-state index is 0.0205. The van der Waals surface area contributed by atoms with Crippen molar-refractivity contribution in [3.63, 3.8) is 0 Å². The number of rotatable bonds is 4. The topological polar surface area (TPSA) is 21.8 Å². The van der Waals surface area contributed by atoms with Crippen molar-refractivity contribution < 1.29 is 22.6 Å². The quantitative estimate of drug-likeness (QED) is 0.547. The van der Waals surface area contributed by atoms with Gasteiger partial charge in [-0.1, -0.05) is 0 Å². The van der Waals surface area contributed by atoms with E-state index in [-0.39, 0.29) is 18.0 Å². The molecule has 1 rings (SSSR count). The first kappa shape index (κ1) is 10.1. The molecule has 0 radical (unpaired) electrons. The van der Waals surface area contributed by atoms with Crippen molar-refractivity contribution in [2.24, 2.45) is 0 Å². The zero-order chi connectivity index (χ0) is 9.19. The molecule has 12 heavy (non-hydrogen) atoms. The number of halogens is 3. The van der Waals surface area contributed by atoms with Gasteiger partial charge in [-0.15, -0.1) is 0 Å². The van der Waals surface area contributed by atoms with E-state index in [0.717, 1.165) is 0 Å². The number of thiol groups is 1. The number of alkyl halides is 3. The second kappa shape index (κ2) is 3.85. The Balaban J connectivity index is 2.01. The Bertz CT molecular complexity index is 146. The van der Waals surface area contributed by atoms with Crippen LogP contribution < -0.4 is 0 Å². The van der Waals surface area contributed by atoms with Gasteiger partial charge in [0.25, 0.3) is 0 Å². The summed E-state index contributed by atoms with van der Waals surface area (Å²) in [6, 6.07) is 0. The molecule has 0 aromatic rings. The molecule has 1 saturated heterocycles. The summed E-state index contributed by atoms with van der Waals surface area (Å²) < 4.78 is 43.8. The lowest BCUT2D eigenvalue weighted by atomic mass is 10.3. The normalized spacial score (nSPS) is 25.5. The van der Waals surface area contributed by atoms with Crippen molar-refractivity contribution in [2.75, 3.05) is 19.8 Å². The van der Waals surface area contributed by atoms with E-state index in [1.165, 1.54) is 0 Å². The van der Waals surface area contributed by atoms with Crippen molar-refractivity contribution in [1.82, 2.24) is 0 Å². The monoisotopic (exact) mass is 202 g/mol. The van der Waals surface area contributed by atoms with Crippen molar-refractivity contribution in [3.05, 3.63) is 0 Å². The first-order chi connectivity index (χ1) is 5.49. The summed E-state index contributed by atoms with van der Waals surface area (Å²) in [7, 11) is 0. The number of hydrogen-bond acceptors (Lipinski definition) is 3. The Labute approximate surface area is 73.4 Å². The Morgan fingerprint density at radius 1 is 1.58 bits per heavy atom. The molecule has 1 aliphatic rings. The molecule has 0 aromatic carbocycles. The largest absolute Gasteiger partial charge is 0.411 e. The van der Waals surface area contributed by atoms with Gasteiger partial charge in [-0.2, -0.15) is 25.8 Å². The van der Waals surface area contributed by atoms with Gasteiger partial charge in [0.2, 0.25) is 0 Å². The molecule has 0 bridgehead atoms. The van der Waals surface area contributed by atoms with Crippen molar-refractivity contribution in [3.8, 4) is 0 Å². The van der Waals surface area contributed by atoms with Crippen LogP contribution in [0.25, 0.3) is 0 Å². The summed E-state index contributed by atoms with van der Waals surface area (Å²) in [5.41, 5.74) is 0. The maximum Gasteiger partial charge on any atom is 0.411 e. The van der Waals surface area contributed by atoms with Crippen LogP contribution >= 0.6 is 12.6 Å². The van der Waals surface area contributed by atoms with Crippen LogP contribution in [-0.4, -0.2) is 37.4 Å². The van der Waals surface area contributed by atoms with E-state index in [1.54, 1.807) is 0 Å². The fourth-order valence-corrected chi connectivity index (χ4v) is 0.958. The Morgan fingerprint density at radius 2 is 2.17 bits per heavy atom. The zero-order valence-corrected chi connectivity index (χ0v) is 7.07. The van der Waals surface area contributed by atoms with Crippen LogP contribution in [0.2, 0.25) is 0 Å². The van der Waals surface area contributed by atoms with E-state index < -0.39 is 12.8 Å². The molecule has 0 aromatic heterocycles. The molecule has 0 spiro atoms. The van der Waals surface area contributed by atoms with Crippen LogP contribution in [0, 0.1) is 0 Å². The molecule has 2 atom stereocenters. The second-order valence-electron chi connectivity index (χ2n) is 2.57. The fraction of sp³-hybridized carbons (Fsp3) is 1.00. The lowest BCUT2D eigenvalue weighted by Crippen LogP contribution is -2.22. The zero-order valence-electron chi connectivity index (χ0n) is 6.17. The highest BCUT2D eigenvalue weighted by molar-refractivity contribution is 7.81. The molecule has 2 nitrogen and oxygen atoms in total. The summed E-state index contributed by atoms with van der Waals surface area (Å²) in [6.45, 7) is -0.659. The molecule has 2 unspecified atom stereocenters. The van der Waals surface area contributed by atoms with Crippen LogP contribution in [0.3, 0.4) is 0 Å². The van der Waals surface area contributed by atoms with Crippen LogP contribution in [0.15, 0.2) is 0 Å². The molecular formula is C6H9F3O2S. The minimum atomic E-state index is -4.25. The summed E-state index contributed by atoms with van der Waals surface area (Å²) in [4.78, 5) is 0. The van der Waals surface area contributed by atoms with E-state index in [2.05, 4.69) is 17.4 Å². The Kier molecular flexibility index (Phi) is 3.25. The lowest BCUT2D eigenvalue weighted by molar-refractivity contribution is -0.173. The highest BCUT2D eigenvalue weighted by atomic mass is 32.1. The first-order valence-corrected chi connectivity index (χ1v) is 3.95. The molecule has 1 aliphatic heterocycles. The van der Waals surface area contributed by atoms with E-state index in [4.69, 9.17) is 4.74 Å². The SMILES string of the molecule is FC(F)(F)COCC(S)C1CO1. The predicted octanol–water partition coefficient (Wildman–Crippen LogP) is 1.26. The van der Waals surface area contributed by atoms with Crippen LogP contribution in [0.5, 0.6) is 0 Å². The first-order valence-electron chi connectivity index (χ1n) is 3.43. The van der Waals surface area contributed by atoms with Gasteiger partial charge in [0, 0.05) is 0 Å². The van der Waals surface area contributed by atoms with Crippen molar-refractivity contribution >= 4 is 12.6 Å². The molecule has 0 amide bonds. The smallest absolute Gasteiger partial charge is 0.372 e. The molecule has 0 saturated carbocycles. The van der Waals surface area contributed by atoms with Crippen molar-refractivity contribution in [1.29, 1.82) is 0 Å². The molecule has 72 valence electrons. The molecular weight excluding hydrogens is 193 g/mol. The average molecular weight is 202 g/mol. The second-order valence-corrected chi connectivity index (χ2v) is 3.23. The van der Waals surface area contributed by atoms with Gasteiger partial charge in [-0.25, -0.2) is 0 Å². The highest BCUT2D eigenvalue weighted by Crippen LogP contribution is 2.20. The summed E-state index contributed by atoms with van der Waals surface area (Å²) in [6.07, 6.45) is -4.28. The fourth-order valence-electron chi connectivity index (χ4n) is 0.680. The molecule has 1 fully saturated rings. The maximum atomic E-state index is 11.5. The third kappa shape index (κ3) is 4.18. The van der Waals surface area contributed by atoms with Crippen LogP contribution in [0.1, 0.15) is 0 Å². The standard InChI is InChI=1S/C6H9F3O2S/c7-6(8,9)3-10-2-5(12)4-1-11-4/h4-5,12H,1-3H2. The van der Waals surface area contributed by atoms with Gasteiger partial charge in [0.1, 0.15) is 6.61 Å². The average Bonchev–Trinajstić information content (AvgIpc) is 2.64. The maximum absolute atomic E-state index is 11.5. The summed E-state index contributed by atoms with van der Waals surface area (Å²) in [5, 5.41) is -0.243. The Morgan fingerprint density at radius 3 is 2.58 bits per heavy atom. The van der Waals surface area contributed by atoms with Crippen molar-refractivity contribution in [2.45, 2.75) is 17.5 Å². The number of hydrogen-bond donors (Lipinski definition) is 1. The molecule has 6 heteroatoms. The van der Waals surface area contributed by atoms with E-state index >= 15 is 0 Å². The molecule has 0 N–H and O–H groups in total. The Hall–Kier alpha value is 0.0600. The summed E-state index contributed by atoms with van der Waals surface area (Å²) >= 11 is 4.00. The number of ether oxygens (including phenoxy) is 2. The van der Waals surface area contributed by atoms with Gasteiger partial charge in [0.05, 0.1) is 24.6 Å². The van der Waals surface area contributed by atoms with Crippen LogP contribution in [0.4, 0.5) is 13.2 Å². The minimum Gasteiger partial charge on any atom is -0.372 e.